The molecule has 1 aromatic heterocycles. The molecule has 1 aromatic carbocycles. The molecule has 124 valence electrons. The topological polar surface area (TPSA) is 62.3 Å². The highest BCUT2D eigenvalue weighted by Gasteiger charge is 2.22. The molecule has 6 heteroatoms. The van der Waals surface area contributed by atoms with Gasteiger partial charge in [-0.05, 0) is 24.5 Å². The van der Waals surface area contributed by atoms with Crippen molar-refractivity contribution >= 4 is 27.2 Å². The Morgan fingerprint density at radius 3 is 2.87 bits per heavy atom. The predicted octanol–water partition coefficient (Wildman–Crippen LogP) is 2.03. The third-order valence-corrected chi connectivity index (χ3v) is 4.99. The first-order valence-corrected chi connectivity index (χ1v) is 9.24. The third kappa shape index (κ3) is 3.48. The summed E-state index contributed by atoms with van der Waals surface area (Å²) in [6.07, 6.45) is 2.72. The van der Waals surface area contributed by atoms with Crippen molar-refractivity contribution in [2.24, 2.45) is 5.92 Å². The van der Waals surface area contributed by atoms with E-state index < -0.39 is 10.7 Å². The zero-order valence-corrected chi connectivity index (χ0v) is 14.4. The molecule has 3 rings (SSSR count). The summed E-state index contributed by atoms with van der Waals surface area (Å²) >= 11 is 0. The fourth-order valence-corrected chi connectivity index (χ4v) is 3.92. The molecule has 2 heterocycles. The van der Waals surface area contributed by atoms with Crippen molar-refractivity contribution in [3.63, 3.8) is 0 Å². The highest BCUT2D eigenvalue weighted by Crippen LogP contribution is 2.29. The number of piperazine rings is 1. The van der Waals surface area contributed by atoms with Gasteiger partial charge in [0.1, 0.15) is 0 Å². The van der Waals surface area contributed by atoms with Crippen LogP contribution < -0.4 is 10.2 Å². The van der Waals surface area contributed by atoms with Crippen molar-refractivity contribution < 1.29 is 8.42 Å². The lowest BCUT2D eigenvalue weighted by molar-refractivity contribution is 0.388. The van der Waals surface area contributed by atoms with Crippen LogP contribution in [0.3, 0.4) is 0 Å². The Bertz CT molecular complexity index is 766. The zero-order chi connectivity index (χ0) is 16.4. The van der Waals surface area contributed by atoms with Crippen molar-refractivity contribution in [1.82, 2.24) is 10.3 Å². The monoisotopic (exact) mass is 333 g/mol. The number of nitrogens with zero attached hydrogens (tertiary/aromatic N) is 2. The maximum Gasteiger partial charge on any atom is 0.186 e. The molecule has 0 amide bonds. The second-order valence-corrected chi connectivity index (χ2v) is 7.43. The molecular weight excluding hydrogens is 310 g/mol. The zero-order valence-electron chi connectivity index (χ0n) is 13.5. The number of rotatable bonds is 4. The smallest absolute Gasteiger partial charge is 0.186 e. The van der Waals surface area contributed by atoms with Crippen molar-refractivity contribution in [3.05, 3.63) is 30.5 Å². The molecule has 1 fully saturated rings. The minimum Gasteiger partial charge on any atom is -0.368 e. The van der Waals surface area contributed by atoms with Gasteiger partial charge in [0, 0.05) is 48.3 Å². The van der Waals surface area contributed by atoms with E-state index in [0.29, 0.717) is 17.3 Å². The van der Waals surface area contributed by atoms with Crippen molar-refractivity contribution in [1.29, 1.82) is 0 Å². The first-order chi connectivity index (χ1) is 11.1. The summed E-state index contributed by atoms with van der Waals surface area (Å²) < 4.78 is 22.9. The summed E-state index contributed by atoms with van der Waals surface area (Å²) in [5, 5.41) is 5.41. The molecule has 1 unspecified atom stereocenters. The van der Waals surface area contributed by atoms with Gasteiger partial charge in [0.25, 0.3) is 0 Å². The summed E-state index contributed by atoms with van der Waals surface area (Å²) in [6.45, 7) is 7.29. The van der Waals surface area contributed by atoms with Crippen LogP contribution in [0.15, 0.2) is 35.5 Å². The Hall–Kier alpha value is -1.66. The summed E-state index contributed by atoms with van der Waals surface area (Å²) in [6, 6.07) is 8.20. The standard InChI is InChI=1S/C17H23N3O2S/c1-12(2)10-13-11-20(9-8-18-13)16-5-3-4-15-14(16)6-7-19-17(15)23(21)22/h3-7,12-13,18,23H,8-11H2,1-2H3. The number of aromatic nitrogens is 1. The number of nitrogens with one attached hydrogen (secondary N) is 1. The van der Waals surface area contributed by atoms with Crippen LogP contribution in [0.5, 0.6) is 0 Å². The molecule has 1 saturated heterocycles. The van der Waals surface area contributed by atoms with E-state index >= 15 is 0 Å². The van der Waals surface area contributed by atoms with Gasteiger partial charge in [-0.25, -0.2) is 13.4 Å². The number of benzene rings is 1. The lowest BCUT2D eigenvalue weighted by Crippen LogP contribution is -2.51. The minimum atomic E-state index is -2.69. The number of anilines is 1. The summed E-state index contributed by atoms with van der Waals surface area (Å²) in [5.41, 5.74) is 1.10. The Morgan fingerprint density at radius 2 is 2.13 bits per heavy atom. The summed E-state index contributed by atoms with van der Waals surface area (Å²) in [7, 11) is -2.69. The number of thiol groups is 1. The Kier molecular flexibility index (Phi) is 4.82. The van der Waals surface area contributed by atoms with Gasteiger partial charge in [-0.15, -0.1) is 0 Å². The fourth-order valence-electron chi connectivity index (χ4n) is 3.37. The van der Waals surface area contributed by atoms with Gasteiger partial charge in [0.05, 0.1) is 0 Å². The van der Waals surface area contributed by atoms with Crippen LogP contribution in [0.2, 0.25) is 0 Å². The van der Waals surface area contributed by atoms with Crippen LogP contribution >= 0.6 is 0 Å². The predicted molar refractivity (Wildman–Crippen MR) is 93.8 cm³/mol. The average Bonchev–Trinajstić information content (AvgIpc) is 2.53. The molecular formula is C17H23N3O2S. The van der Waals surface area contributed by atoms with Crippen LogP contribution in [0.4, 0.5) is 5.69 Å². The van der Waals surface area contributed by atoms with Gasteiger partial charge in [-0.2, -0.15) is 0 Å². The molecule has 1 N–H and O–H groups in total. The molecule has 1 aliphatic heterocycles. The number of pyridine rings is 1. The van der Waals surface area contributed by atoms with Crippen molar-refractivity contribution in [2.75, 3.05) is 24.5 Å². The number of fused-ring (bicyclic) bond motifs is 1. The highest BCUT2D eigenvalue weighted by atomic mass is 32.2. The van der Waals surface area contributed by atoms with E-state index in [-0.39, 0.29) is 5.03 Å². The molecule has 1 atom stereocenters. The molecule has 0 aliphatic carbocycles. The maximum absolute atomic E-state index is 11.4. The fraction of sp³-hybridized carbons (Fsp3) is 0.471. The van der Waals surface area contributed by atoms with Gasteiger partial charge in [-0.3, -0.25) is 0 Å². The van der Waals surface area contributed by atoms with E-state index in [1.54, 1.807) is 6.20 Å². The molecule has 0 saturated carbocycles. The van der Waals surface area contributed by atoms with Crippen LogP contribution in [0.25, 0.3) is 10.8 Å². The van der Waals surface area contributed by atoms with Gasteiger partial charge in [-0.1, -0.05) is 26.0 Å². The van der Waals surface area contributed by atoms with Crippen molar-refractivity contribution in [2.45, 2.75) is 31.3 Å². The molecule has 2 aromatic rings. The maximum atomic E-state index is 11.4. The second-order valence-electron chi connectivity index (χ2n) is 6.49. The van der Waals surface area contributed by atoms with Gasteiger partial charge in [0.2, 0.25) is 0 Å². The minimum absolute atomic E-state index is 0.160. The molecule has 23 heavy (non-hydrogen) atoms. The second kappa shape index (κ2) is 6.84. The number of hydrogen-bond donors (Lipinski definition) is 2. The van der Waals surface area contributed by atoms with Crippen LogP contribution in [-0.4, -0.2) is 39.1 Å². The Morgan fingerprint density at radius 1 is 1.30 bits per heavy atom. The molecule has 5 nitrogen and oxygen atoms in total. The molecule has 0 bridgehead atoms. The average molecular weight is 333 g/mol. The van der Waals surface area contributed by atoms with Crippen molar-refractivity contribution in [3.8, 4) is 0 Å². The summed E-state index contributed by atoms with van der Waals surface area (Å²) in [5.74, 6) is 0.653. The van der Waals surface area contributed by atoms with E-state index in [1.165, 1.54) is 0 Å². The van der Waals surface area contributed by atoms with Gasteiger partial charge >= 0.3 is 0 Å². The van der Waals surface area contributed by atoms with E-state index in [0.717, 1.165) is 37.1 Å². The van der Waals surface area contributed by atoms with E-state index in [2.05, 4.69) is 35.1 Å². The lowest BCUT2D eigenvalue weighted by atomic mass is 10.0. The first-order valence-electron chi connectivity index (χ1n) is 8.06. The Labute approximate surface area is 138 Å². The normalized spacial score (nSPS) is 19.0. The summed E-state index contributed by atoms with van der Waals surface area (Å²) in [4.78, 5) is 6.37. The first kappa shape index (κ1) is 16.2. The molecule has 0 radical (unpaired) electrons. The van der Waals surface area contributed by atoms with Crippen LogP contribution in [0.1, 0.15) is 20.3 Å². The largest absolute Gasteiger partial charge is 0.368 e. The van der Waals surface area contributed by atoms with E-state index in [9.17, 15) is 8.42 Å². The SMILES string of the molecule is CC(C)CC1CN(c2cccc3c([SH](=O)=O)nccc23)CCN1. The van der Waals surface area contributed by atoms with Crippen LogP contribution in [-0.2, 0) is 10.7 Å². The highest BCUT2D eigenvalue weighted by molar-refractivity contribution is 7.72. The molecule has 0 spiro atoms. The number of hydrogen-bond acceptors (Lipinski definition) is 5. The van der Waals surface area contributed by atoms with E-state index in [4.69, 9.17) is 0 Å². The van der Waals surface area contributed by atoms with Crippen LogP contribution in [0, 0.1) is 5.92 Å². The third-order valence-electron chi connectivity index (χ3n) is 4.29. The quantitative estimate of drug-likeness (QED) is 0.839. The van der Waals surface area contributed by atoms with Gasteiger partial charge in [0.15, 0.2) is 15.7 Å². The lowest BCUT2D eigenvalue weighted by Gasteiger charge is -2.36. The van der Waals surface area contributed by atoms with E-state index in [1.807, 2.05) is 18.2 Å². The Balaban J connectivity index is 1.98. The molecule has 1 aliphatic rings. The van der Waals surface area contributed by atoms with Gasteiger partial charge < -0.3 is 10.2 Å².